The van der Waals surface area contributed by atoms with Crippen molar-refractivity contribution >= 4 is 17.5 Å². The molecule has 7 nitrogen and oxygen atoms in total. The largest absolute Gasteiger partial charge is 0.362 e. The minimum Gasteiger partial charge on any atom is -0.362 e. The lowest BCUT2D eigenvalue weighted by Crippen LogP contribution is -2.58. The molecule has 1 fully saturated rings. The lowest BCUT2D eigenvalue weighted by atomic mass is 10.0. The molecule has 122 valence electrons. The zero-order valence-electron chi connectivity index (χ0n) is 13.5. The molecule has 0 aromatic carbocycles. The first-order valence-electron chi connectivity index (χ1n) is 7.54. The van der Waals surface area contributed by atoms with Crippen molar-refractivity contribution in [1.82, 2.24) is 19.6 Å². The van der Waals surface area contributed by atoms with E-state index in [-0.39, 0.29) is 18.4 Å². The second kappa shape index (κ2) is 5.66. The molecule has 23 heavy (non-hydrogen) atoms. The van der Waals surface area contributed by atoms with Crippen molar-refractivity contribution in [2.24, 2.45) is 0 Å². The Bertz CT molecular complexity index is 770. The quantitative estimate of drug-likeness (QED) is 0.881. The van der Waals surface area contributed by atoms with E-state index >= 15 is 0 Å². The van der Waals surface area contributed by atoms with Crippen LogP contribution in [-0.4, -0.2) is 58.4 Å². The number of hydrogen-bond donors (Lipinski definition) is 1. The first-order chi connectivity index (χ1) is 10.9. The molecule has 1 atom stereocenters. The lowest BCUT2D eigenvalue weighted by molar-refractivity contribution is -0.153. The van der Waals surface area contributed by atoms with Crippen molar-refractivity contribution < 1.29 is 14.3 Å². The number of amides is 2. The van der Waals surface area contributed by atoms with Crippen LogP contribution in [0.1, 0.15) is 23.0 Å². The van der Waals surface area contributed by atoms with Crippen LogP contribution in [0.2, 0.25) is 0 Å². The number of likely N-dealkylation sites (N-methyl/N-ethyl adjacent to an activating group) is 1. The highest BCUT2D eigenvalue weighted by Crippen LogP contribution is 2.20. The highest BCUT2D eigenvalue weighted by molar-refractivity contribution is 5.94. The van der Waals surface area contributed by atoms with E-state index in [1.807, 2.05) is 29.7 Å². The number of aryl methyl sites for hydroxylation is 1. The highest BCUT2D eigenvalue weighted by Gasteiger charge is 2.40. The summed E-state index contributed by atoms with van der Waals surface area (Å²) in [6.45, 7) is 4.65. The van der Waals surface area contributed by atoms with Crippen LogP contribution in [-0.2, 0) is 9.53 Å². The normalized spacial score (nSPS) is 21.4. The maximum atomic E-state index is 12.7. The fourth-order valence-corrected chi connectivity index (χ4v) is 2.81. The molecule has 2 aromatic heterocycles. The van der Waals surface area contributed by atoms with Gasteiger partial charge in [-0.05, 0) is 25.5 Å². The number of nitrogens with one attached hydrogen (secondary N) is 1. The summed E-state index contributed by atoms with van der Waals surface area (Å²) in [4.78, 5) is 30.7. The topological polar surface area (TPSA) is 75.9 Å². The Kier molecular flexibility index (Phi) is 3.81. The maximum Gasteiger partial charge on any atom is 0.274 e. The van der Waals surface area contributed by atoms with Gasteiger partial charge in [0.25, 0.3) is 11.8 Å². The molecule has 0 saturated carbocycles. The van der Waals surface area contributed by atoms with E-state index in [0.29, 0.717) is 18.8 Å². The monoisotopic (exact) mass is 316 g/mol. The number of carbonyl (C=O) groups is 2. The van der Waals surface area contributed by atoms with Crippen molar-refractivity contribution in [3.05, 3.63) is 35.8 Å². The Labute approximate surface area is 134 Å². The van der Waals surface area contributed by atoms with E-state index in [1.165, 1.54) is 0 Å². The van der Waals surface area contributed by atoms with Crippen LogP contribution in [0.15, 0.2) is 24.5 Å². The smallest absolute Gasteiger partial charge is 0.274 e. The second-order valence-corrected chi connectivity index (χ2v) is 5.98. The summed E-state index contributed by atoms with van der Waals surface area (Å²) in [5.74, 6) is -0.426. The van der Waals surface area contributed by atoms with Gasteiger partial charge in [-0.3, -0.25) is 9.59 Å². The number of pyridine rings is 1. The van der Waals surface area contributed by atoms with E-state index in [9.17, 15) is 9.59 Å². The van der Waals surface area contributed by atoms with Crippen LogP contribution in [0.25, 0.3) is 5.65 Å². The molecule has 1 aliphatic heterocycles. The molecule has 0 radical (unpaired) electrons. The molecular weight excluding hydrogens is 296 g/mol. The Morgan fingerprint density at radius 2 is 2.13 bits per heavy atom. The second-order valence-electron chi connectivity index (χ2n) is 5.98. The van der Waals surface area contributed by atoms with E-state index in [0.717, 1.165) is 11.2 Å². The summed E-state index contributed by atoms with van der Waals surface area (Å²) < 4.78 is 7.41. The molecule has 1 N–H and O–H groups in total. The van der Waals surface area contributed by atoms with Gasteiger partial charge < -0.3 is 19.4 Å². The van der Waals surface area contributed by atoms with Crippen LogP contribution >= 0.6 is 0 Å². The zero-order chi connectivity index (χ0) is 16.6. The van der Waals surface area contributed by atoms with E-state index in [4.69, 9.17) is 4.74 Å². The maximum absolute atomic E-state index is 12.7. The van der Waals surface area contributed by atoms with Crippen LogP contribution in [0.3, 0.4) is 0 Å². The molecule has 3 rings (SSSR count). The standard InChI is InChI=1S/C16H20N4O3/c1-11-4-5-13-18-12(9-20(13)8-11)14(21)19-6-7-23-16(2,10-19)15(22)17-3/h4-5,8-9H,6-7,10H2,1-3H3,(H,17,22). The lowest BCUT2D eigenvalue weighted by Gasteiger charge is -2.38. The molecule has 0 bridgehead atoms. The number of carbonyl (C=O) groups excluding carboxylic acids is 2. The van der Waals surface area contributed by atoms with Gasteiger partial charge in [0, 0.05) is 26.0 Å². The number of morpholine rings is 1. The van der Waals surface area contributed by atoms with Crippen LogP contribution in [0, 0.1) is 6.92 Å². The van der Waals surface area contributed by atoms with Gasteiger partial charge in [0.05, 0.1) is 13.2 Å². The number of nitrogens with zero attached hydrogens (tertiary/aromatic N) is 3. The van der Waals surface area contributed by atoms with Crippen LogP contribution in [0.5, 0.6) is 0 Å². The van der Waals surface area contributed by atoms with Gasteiger partial charge in [-0.25, -0.2) is 4.98 Å². The highest BCUT2D eigenvalue weighted by atomic mass is 16.5. The van der Waals surface area contributed by atoms with Gasteiger partial charge in [-0.15, -0.1) is 0 Å². The predicted octanol–water partition coefficient (Wildman–Crippen LogP) is 0.620. The van der Waals surface area contributed by atoms with Gasteiger partial charge in [-0.1, -0.05) is 6.07 Å². The van der Waals surface area contributed by atoms with Gasteiger partial charge in [-0.2, -0.15) is 0 Å². The number of rotatable bonds is 2. The summed E-state index contributed by atoms with van der Waals surface area (Å²) >= 11 is 0. The van der Waals surface area contributed by atoms with Crippen molar-refractivity contribution in [2.75, 3.05) is 26.7 Å². The minimum atomic E-state index is -1.03. The fourth-order valence-electron chi connectivity index (χ4n) is 2.81. The van der Waals surface area contributed by atoms with E-state index < -0.39 is 5.60 Å². The van der Waals surface area contributed by atoms with Crippen LogP contribution in [0.4, 0.5) is 0 Å². The molecule has 3 heterocycles. The van der Waals surface area contributed by atoms with Crippen molar-refractivity contribution in [3.63, 3.8) is 0 Å². The Morgan fingerprint density at radius 1 is 1.35 bits per heavy atom. The molecule has 7 heteroatoms. The van der Waals surface area contributed by atoms with Gasteiger partial charge in [0.2, 0.25) is 0 Å². The minimum absolute atomic E-state index is 0.190. The van der Waals surface area contributed by atoms with Crippen molar-refractivity contribution in [1.29, 1.82) is 0 Å². The third-order valence-electron chi connectivity index (χ3n) is 4.09. The fraction of sp³-hybridized carbons (Fsp3) is 0.438. The van der Waals surface area contributed by atoms with Gasteiger partial charge in [0.15, 0.2) is 5.60 Å². The Hall–Kier alpha value is -2.41. The first-order valence-corrected chi connectivity index (χ1v) is 7.54. The SMILES string of the molecule is CNC(=O)C1(C)CN(C(=O)c2cn3cc(C)ccc3n2)CCO1. The van der Waals surface area contributed by atoms with Crippen LogP contribution < -0.4 is 5.32 Å². The molecule has 1 saturated heterocycles. The number of aromatic nitrogens is 2. The molecule has 0 aliphatic carbocycles. The van der Waals surface area contributed by atoms with Gasteiger partial charge >= 0.3 is 0 Å². The number of hydrogen-bond acceptors (Lipinski definition) is 4. The molecule has 2 aromatic rings. The van der Waals surface area contributed by atoms with E-state index in [1.54, 1.807) is 25.1 Å². The third kappa shape index (κ3) is 2.79. The number of fused-ring (bicyclic) bond motifs is 1. The van der Waals surface area contributed by atoms with Crippen molar-refractivity contribution in [3.8, 4) is 0 Å². The van der Waals surface area contributed by atoms with Gasteiger partial charge in [0.1, 0.15) is 11.3 Å². The Balaban J connectivity index is 1.85. The molecule has 2 amide bonds. The molecule has 1 aliphatic rings. The number of imidazole rings is 1. The third-order valence-corrected chi connectivity index (χ3v) is 4.09. The summed E-state index contributed by atoms with van der Waals surface area (Å²) in [5, 5.41) is 2.58. The van der Waals surface area contributed by atoms with Crippen molar-refractivity contribution in [2.45, 2.75) is 19.4 Å². The molecule has 0 spiro atoms. The summed E-state index contributed by atoms with van der Waals surface area (Å²) in [6.07, 6.45) is 3.64. The average Bonchev–Trinajstić information content (AvgIpc) is 2.96. The Morgan fingerprint density at radius 3 is 2.87 bits per heavy atom. The summed E-state index contributed by atoms with van der Waals surface area (Å²) in [7, 11) is 1.56. The summed E-state index contributed by atoms with van der Waals surface area (Å²) in [5.41, 5.74) is 1.16. The summed E-state index contributed by atoms with van der Waals surface area (Å²) in [6, 6.07) is 3.83. The average molecular weight is 316 g/mol. The predicted molar refractivity (Wildman–Crippen MR) is 84.3 cm³/mol. The molecular formula is C16H20N4O3. The van der Waals surface area contributed by atoms with E-state index in [2.05, 4.69) is 10.3 Å². The zero-order valence-corrected chi connectivity index (χ0v) is 13.5. The number of ether oxygens (including phenoxy) is 1. The first kappa shape index (κ1) is 15.5. The molecule has 1 unspecified atom stereocenters.